The summed E-state index contributed by atoms with van der Waals surface area (Å²) in [7, 11) is 0. The van der Waals surface area contributed by atoms with E-state index in [1.807, 2.05) is 0 Å². The van der Waals surface area contributed by atoms with Gasteiger partial charge in [0.25, 0.3) is 3.25 Å². The Hall–Kier alpha value is 0.280. The van der Waals surface area contributed by atoms with Crippen molar-refractivity contribution >= 4 is 67.6 Å². The van der Waals surface area contributed by atoms with Crippen molar-refractivity contribution in [2.75, 3.05) is 6.54 Å². The van der Waals surface area contributed by atoms with Crippen LogP contribution in [0, 0.1) is 5.92 Å². The van der Waals surface area contributed by atoms with Gasteiger partial charge in [0.05, 0.1) is 0 Å². The Morgan fingerprint density at radius 1 is 1.29 bits per heavy atom. The minimum absolute atomic E-state index is 0.294. The number of carbonyl (C=O) groups is 3. The monoisotopic (exact) mass is 454 g/mol. The Labute approximate surface area is 122 Å². The summed E-state index contributed by atoms with van der Waals surface area (Å²) in [4.78, 5) is 34.1. The summed E-state index contributed by atoms with van der Waals surface area (Å²) in [5.74, 6) is -1.69. The minimum Gasteiger partial charge on any atom is -0.287 e. The highest BCUT2D eigenvalue weighted by molar-refractivity contribution is 9.94. The van der Waals surface area contributed by atoms with Crippen LogP contribution in [0.15, 0.2) is 0 Å². The Morgan fingerprint density at radius 3 is 2.06 bits per heavy atom. The zero-order valence-electron chi connectivity index (χ0n) is 8.95. The number of barbiturate groups is 1. The van der Waals surface area contributed by atoms with Gasteiger partial charge in [-0.15, -0.1) is 0 Å². The molecule has 0 aromatic heterocycles. The van der Waals surface area contributed by atoms with Crippen LogP contribution in [0.5, 0.6) is 0 Å². The molecule has 0 aromatic carbocycles. The molecule has 98 valence electrons. The number of nitrogens with zero attached hydrogens (tertiary/aromatic N) is 1. The van der Waals surface area contributed by atoms with Gasteiger partial charge in [-0.25, -0.2) is 4.79 Å². The van der Waals surface area contributed by atoms with Gasteiger partial charge in [-0.1, -0.05) is 0 Å². The second kappa shape index (κ2) is 7.01. The van der Waals surface area contributed by atoms with Crippen LogP contribution < -0.4 is 5.32 Å². The van der Waals surface area contributed by atoms with Gasteiger partial charge < -0.3 is 0 Å². The largest absolute Gasteiger partial charge is 0.330 e. The van der Waals surface area contributed by atoms with E-state index in [0.29, 0.717) is 6.54 Å². The molecule has 1 unspecified atom stereocenters. The van der Waals surface area contributed by atoms with Crippen LogP contribution in [-0.4, -0.2) is 29.3 Å². The van der Waals surface area contributed by atoms with Gasteiger partial charge in [-0.3, -0.25) is 24.4 Å². The third-order valence-electron chi connectivity index (χ3n) is 1.82. The molecule has 1 atom stereocenters. The molecular weight excluding hydrogens is 447 g/mol. The number of hydrogen-bond acceptors (Lipinski definition) is 4. The topological polar surface area (TPSA) is 83.6 Å². The van der Waals surface area contributed by atoms with Crippen molar-refractivity contribution in [2.24, 2.45) is 5.92 Å². The van der Waals surface area contributed by atoms with Crippen molar-refractivity contribution in [1.82, 2.24) is 10.2 Å². The first kappa shape index (κ1) is 17.3. The van der Waals surface area contributed by atoms with E-state index in [0.717, 1.165) is 4.90 Å². The lowest BCUT2D eigenvalue weighted by atomic mass is 10.1. The van der Waals surface area contributed by atoms with Gasteiger partial charge in [0.2, 0.25) is 11.8 Å². The van der Waals surface area contributed by atoms with Crippen molar-refractivity contribution in [2.45, 2.75) is 13.8 Å². The summed E-state index contributed by atoms with van der Waals surface area (Å²) < 4.78 is 7.76. The van der Waals surface area contributed by atoms with Crippen LogP contribution in [0.4, 0.5) is 4.79 Å². The lowest BCUT2D eigenvalue weighted by molar-refractivity contribution is -0.141. The molecule has 1 aliphatic heterocycles. The summed E-state index contributed by atoms with van der Waals surface area (Å²) in [6, 6.07) is -0.620. The summed E-state index contributed by atoms with van der Waals surface area (Å²) in [5, 5.41) is 2.09. The van der Waals surface area contributed by atoms with Gasteiger partial charge in [0, 0.05) is 53.0 Å². The number of carbonyl (C=O) groups excluding carboxylic acids is 3. The molecule has 1 saturated heterocycles. The molecular formula is C7H10Br3N2O4P. The highest BCUT2D eigenvalue weighted by Crippen LogP contribution is 2.68. The molecule has 1 N–H and O–H groups in total. The third-order valence-corrected chi connectivity index (χ3v) is 1.82. The first-order valence-corrected chi connectivity index (χ1v) is 12.2. The number of urea groups is 1. The molecule has 0 spiro atoms. The molecule has 1 fully saturated rings. The van der Waals surface area contributed by atoms with Crippen molar-refractivity contribution in [1.29, 1.82) is 0 Å². The molecule has 17 heavy (non-hydrogen) atoms. The Bertz CT molecular complexity index is 375. The molecule has 0 bridgehead atoms. The molecule has 1 heterocycles. The maximum atomic E-state index is 11.2. The van der Waals surface area contributed by atoms with E-state index in [9.17, 15) is 18.9 Å². The zero-order valence-corrected chi connectivity index (χ0v) is 14.6. The number of hydrogen-bond donors (Lipinski definition) is 1. The summed E-state index contributed by atoms with van der Waals surface area (Å²) in [6.07, 6.45) is 0. The second-order valence-electron chi connectivity index (χ2n) is 3.00. The summed E-state index contributed by atoms with van der Waals surface area (Å²) in [5.41, 5.74) is 0. The van der Waals surface area contributed by atoms with Crippen LogP contribution in [0.25, 0.3) is 0 Å². The third kappa shape index (κ3) is 6.69. The lowest BCUT2D eigenvalue weighted by Gasteiger charge is -2.26. The lowest BCUT2D eigenvalue weighted by Crippen LogP contribution is -2.56. The predicted octanol–water partition coefficient (Wildman–Crippen LogP) is 3.00. The van der Waals surface area contributed by atoms with Gasteiger partial charge in [-0.05, 0) is 13.8 Å². The molecule has 0 aliphatic carbocycles. The number of imide groups is 2. The maximum Gasteiger partial charge on any atom is 0.330 e. The Kier molecular flexibility index (Phi) is 7.13. The first-order chi connectivity index (χ1) is 7.57. The molecule has 6 nitrogen and oxygen atoms in total. The van der Waals surface area contributed by atoms with Crippen molar-refractivity contribution in [3.63, 3.8) is 0 Å². The molecule has 0 saturated carbocycles. The highest BCUT2D eigenvalue weighted by Gasteiger charge is 2.36. The normalized spacial score (nSPS) is 20.6. The molecule has 1 rings (SSSR count). The van der Waals surface area contributed by atoms with Crippen LogP contribution in [-0.2, 0) is 14.2 Å². The highest BCUT2D eigenvalue weighted by atomic mass is 80.0. The Morgan fingerprint density at radius 2 is 1.71 bits per heavy atom. The fourth-order valence-electron chi connectivity index (χ4n) is 1.03. The van der Waals surface area contributed by atoms with Crippen LogP contribution in [0.2, 0.25) is 0 Å². The molecule has 4 amide bonds. The van der Waals surface area contributed by atoms with Gasteiger partial charge in [-0.2, -0.15) is 0 Å². The average molecular weight is 457 g/mol. The Balaban J connectivity index is 0.000000437. The van der Waals surface area contributed by atoms with Crippen molar-refractivity contribution in [3.8, 4) is 0 Å². The van der Waals surface area contributed by atoms with E-state index in [1.54, 1.807) is 6.92 Å². The quantitative estimate of drug-likeness (QED) is 0.485. The molecule has 0 aromatic rings. The number of amides is 4. The maximum absolute atomic E-state index is 11.2. The SMILES string of the molecule is CCN1C(=O)NC(=O)C(C)C1=O.O=P(Br)(Br)Br. The average Bonchev–Trinajstić information content (AvgIpc) is 2.12. The fourth-order valence-corrected chi connectivity index (χ4v) is 1.03. The van der Waals surface area contributed by atoms with Gasteiger partial charge in [0.15, 0.2) is 0 Å². The van der Waals surface area contributed by atoms with Crippen molar-refractivity contribution < 1.29 is 18.9 Å². The molecule has 1 aliphatic rings. The number of rotatable bonds is 1. The van der Waals surface area contributed by atoms with Crippen LogP contribution >= 0.6 is 49.7 Å². The molecule has 10 heteroatoms. The van der Waals surface area contributed by atoms with E-state index < -0.39 is 27.0 Å². The van der Waals surface area contributed by atoms with E-state index in [4.69, 9.17) is 0 Å². The smallest absolute Gasteiger partial charge is 0.287 e. The van der Waals surface area contributed by atoms with E-state index in [1.165, 1.54) is 6.92 Å². The standard InChI is InChI=1S/C7H10N2O3.Br3OP/c1-3-9-6(11)4(2)5(10)8-7(9)12;1-5(2,3)4/h4H,3H2,1-2H3,(H,8,10,12);. The summed E-state index contributed by atoms with van der Waals surface area (Å²) >= 11 is 8.29. The summed E-state index contributed by atoms with van der Waals surface area (Å²) in [6.45, 7) is 3.45. The van der Waals surface area contributed by atoms with Crippen molar-refractivity contribution in [3.05, 3.63) is 0 Å². The second-order valence-corrected chi connectivity index (χ2v) is 21.4. The number of nitrogens with one attached hydrogen (secondary N) is 1. The number of halogens is 3. The van der Waals surface area contributed by atoms with Gasteiger partial charge >= 0.3 is 6.03 Å². The fraction of sp³-hybridized carbons (Fsp3) is 0.571. The molecule has 0 radical (unpaired) electrons. The van der Waals surface area contributed by atoms with E-state index >= 15 is 0 Å². The van der Waals surface area contributed by atoms with Gasteiger partial charge in [0.1, 0.15) is 5.92 Å². The van der Waals surface area contributed by atoms with E-state index in [2.05, 4.69) is 51.8 Å². The van der Waals surface area contributed by atoms with E-state index in [-0.39, 0.29) is 0 Å². The van der Waals surface area contributed by atoms with Crippen LogP contribution in [0.1, 0.15) is 13.8 Å². The predicted molar refractivity (Wildman–Crippen MR) is 74.5 cm³/mol. The first-order valence-electron chi connectivity index (χ1n) is 4.43. The zero-order chi connectivity index (χ0) is 13.8. The van der Waals surface area contributed by atoms with Crippen LogP contribution in [0.3, 0.4) is 0 Å². The minimum atomic E-state index is -2.20.